The van der Waals surface area contributed by atoms with Gasteiger partial charge in [0.05, 0.1) is 35.5 Å². The predicted molar refractivity (Wildman–Crippen MR) is 122 cm³/mol. The van der Waals surface area contributed by atoms with Crippen molar-refractivity contribution in [3.63, 3.8) is 0 Å². The first-order chi connectivity index (χ1) is 15.9. The molecule has 9 nitrogen and oxygen atoms in total. The molecule has 4 rings (SSSR count). The Balaban J connectivity index is 2.24. The summed E-state index contributed by atoms with van der Waals surface area (Å²) in [4.78, 5) is 25.9. The Morgan fingerprint density at radius 1 is 0.848 bits per heavy atom. The lowest BCUT2D eigenvalue weighted by molar-refractivity contribution is 0.0591. The molecule has 33 heavy (non-hydrogen) atoms. The van der Waals surface area contributed by atoms with Gasteiger partial charge >= 0.3 is 11.6 Å². The van der Waals surface area contributed by atoms with Crippen molar-refractivity contribution in [1.29, 1.82) is 0 Å². The van der Waals surface area contributed by atoms with Crippen molar-refractivity contribution in [3.05, 3.63) is 46.4 Å². The molecule has 0 aliphatic rings. The molecule has 0 radical (unpaired) electrons. The third-order valence-corrected chi connectivity index (χ3v) is 5.60. The van der Waals surface area contributed by atoms with Crippen LogP contribution in [0.1, 0.15) is 10.5 Å². The van der Waals surface area contributed by atoms with E-state index in [9.17, 15) is 9.59 Å². The van der Waals surface area contributed by atoms with E-state index in [4.69, 9.17) is 28.1 Å². The monoisotopic (exact) mass is 453 g/mol. The fourth-order valence-electron chi connectivity index (χ4n) is 4.08. The van der Waals surface area contributed by atoms with Gasteiger partial charge < -0.3 is 32.7 Å². The number of fused-ring (bicyclic) bond motifs is 3. The zero-order chi connectivity index (χ0) is 23.9. The SMILES string of the molecule is COC(=O)c1c(-c2ccc(OC)c(OC)c2)c2c3cc(OC)c(OC)cc3oc(=O)c2n1C. The number of carbonyl (C=O) groups excluding carboxylic acids is 1. The Bertz CT molecular complexity index is 1450. The van der Waals surface area contributed by atoms with Crippen molar-refractivity contribution in [2.45, 2.75) is 0 Å². The number of aryl methyl sites for hydroxylation is 1. The van der Waals surface area contributed by atoms with Gasteiger partial charge in [0.25, 0.3) is 0 Å². The number of aromatic nitrogens is 1. The number of hydrogen-bond acceptors (Lipinski definition) is 8. The standard InChI is InChI=1S/C24H23NO8/c1-25-21(23(26)32-6)19(12-7-8-14(28-2)16(9-12)29-3)20-13-10-17(30-4)18(31-5)11-15(13)33-24(27)22(20)25/h7-11H,1-6H3. The van der Waals surface area contributed by atoms with Crippen molar-refractivity contribution in [3.8, 4) is 34.1 Å². The van der Waals surface area contributed by atoms with Gasteiger partial charge in [0, 0.05) is 29.4 Å². The topological polar surface area (TPSA) is 98.4 Å². The number of rotatable bonds is 6. The molecule has 0 bridgehead atoms. The predicted octanol–water partition coefficient (Wildman–Crippen LogP) is 3.77. The van der Waals surface area contributed by atoms with Crippen molar-refractivity contribution in [2.75, 3.05) is 35.5 Å². The molecule has 0 aliphatic heterocycles. The maximum atomic E-state index is 13.0. The molecule has 4 aromatic rings. The van der Waals surface area contributed by atoms with Gasteiger partial charge in [-0.15, -0.1) is 0 Å². The van der Waals surface area contributed by atoms with Gasteiger partial charge in [-0.25, -0.2) is 9.59 Å². The third kappa shape index (κ3) is 3.32. The quantitative estimate of drug-likeness (QED) is 0.321. The van der Waals surface area contributed by atoms with E-state index >= 15 is 0 Å². The number of nitrogens with zero attached hydrogens (tertiary/aromatic N) is 1. The summed E-state index contributed by atoms with van der Waals surface area (Å²) < 4.78 is 33.7. The highest BCUT2D eigenvalue weighted by Crippen LogP contribution is 2.43. The second kappa shape index (κ2) is 8.42. The van der Waals surface area contributed by atoms with Crippen molar-refractivity contribution >= 4 is 27.8 Å². The van der Waals surface area contributed by atoms with Crippen LogP contribution in [0.5, 0.6) is 23.0 Å². The second-order valence-corrected chi connectivity index (χ2v) is 7.16. The molecule has 2 aromatic heterocycles. The Morgan fingerprint density at radius 2 is 1.45 bits per heavy atom. The Morgan fingerprint density at radius 3 is 2.06 bits per heavy atom. The molecule has 9 heteroatoms. The average molecular weight is 453 g/mol. The Kier molecular flexibility index (Phi) is 5.63. The normalized spacial score (nSPS) is 11.0. The van der Waals surface area contributed by atoms with Crippen LogP contribution in [0, 0.1) is 0 Å². The molecule has 2 heterocycles. The van der Waals surface area contributed by atoms with Gasteiger partial charge in [0.15, 0.2) is 23.0 Å². The van der Waals surface area contributed by atoms with Crippen LogP contribution in [0.3, 0.4) is 0 Å². The van der Waals surface area contributed by atoms with Gasteiger partial charge in [-0.1, -0.05) is 6.07 Å². The highest BCUT2D eigenvalue weighted by Gasteiger charge is 2.28. The van der Waals surface area contributed by atoms with Crippen LogP contribution in [0.2, 0.25) is 0 Å². The van der Waals surface area contributed by atoms with Crippen LogP contribution >= 0.6 is 0 Å². The molecule has 172 valence electrons. The van der Waals surface area contributed by atoms with E-state index in [1.165, 1.54) is 40.1 Å². The van der Waals surface area contributed by atoms with Gasteiger partial charge in [0.2, 0.25) is 0 Å². The zero-order valence-electron chi connectivity index (χ0n) is 19.1. The highest BCUT2D eigenvalue weighted by atomic mass is 16.5. The summed E-state index contributed by atoms with van der Waals surface area (Å²) in [7, 11) is 8.96. The fraction of sp³-hybridized carbons (Fsp3) is 0.250. The van der Waals surface area contributed by atoms with Crippen LogP contribution in [-0.4, -0.2) is 46.1 Å². The lowest BCUT2D eigenvalue weighted by atomic mass is 9.99. The van der Waals surface area contributed by atoms with Crippen LogP contribution in [0.4, 0.5) is 0 Å². The molecule has 0 amide bonds. The van der Waals surface area contributed by atoms with Crippen LogP contribution in [0.25, 0.3) is 33.0 Å². The maximum Gasteiger partial charge on any atom is 0.361 e. The smallest absolute Gasteiger partial charge is 0.361 e. The first-order valence-electron chi connectivity index (χ1n) is 9.92. The van der Waals surface area contributed by atoms with E-state index in [1.807, 2.05) is 0 Å². The number of esters is 1. The van der Waals surface area contributed by atoms with Gasteiger partial charge in [-0.05, 0) is 23.8 Å². The summed E-state index contributed by atoms with van der Waals surface area (Å²) in [5, 5.41) is 1.08. The largest absolute Gasteiger partial charge is 0.493 e. The highest BCUT2D eigenvalue weighted by molar-refractivity contribution is 6.17. The lowest BCUT2D eigenvalue weighted by Crippen LogP contribution is -2.11. The molecular formula is C24H23NO8. The molecule has 0 saturated heterocycles. The van der Waals surface area contributed by atoms with Gasteiger partial charge in [-0.3, -0.25) is 0 Å². The van der Waals surface area contributed by atoms with Gasteiger partial charge in [0.1, 0.15) is 16.8 Å². The Hall–Kier alpha value is -4.14. The number of ether oxygens (including phenoxy) is 5. The van der Waals surface area contributed by atoms with Crippen molar-refractivity contribution < 1.29 is 32.9 Å². The lowest BCUT2D eigenvalue weighted by Gasteiger charge is -2.12. The molecule has 0 unspecified atom stereocenters. The summed E-state index contributed by atoms with van der Waals surface area (Å²) >= 11 is 0. The van der Waals surface area contributed by atoms with Crippen LogP contribution in [0.15, 0.2) is 39.5 Å². The minimum atomic E-state index is -0.607. The number of carbonyl (C=O) groups is 1. The Labute approximate surface area is 189 Å². The summed E-state index contributed by atoms with van der Waals surface area (Å²) in [5.41, 5.74) is 1.19. The minimum absolute atomic E-state index is 0.189. The molecular weight excluding hydrogens is 430 g/mol. The second-order valence-electron chi connectivity index (χ2n) is 7.16. The number of benzene rings is 2. The molecule has 0 atom stereocenters. The van der Waals surface area contributed by atoms with Crippen LogP contribution < -0.4 is 24.6 Å². The summed E-state index contributed by atoms with van der Waals surface area (Å²) in [5.74, 6) is 1.24. The fourth-order valence-corrected chi connectivity index (χ4v) is 4.08. The van der Waals surface area contributed by atoms with Crippen molar-refractivity contribution in [2.24, 2.45) is 7.05 Å². The summed E-state index contributed by atoms with van der Waals surface area (Å²) in [6.45, 7) is 0. The van der Waals surface area contributed by atoms with E-state index in [-0.39, 0.29) is 16.8 Å². The number of methoxy groups -OCH3 is 5. The molecule has 0 aliphatic carbocycles. The molecule has 0 N–H and O–H groups in total. The first kappa shape index (κ1) is 22.1. The first-order valence-corrected chi connectivity index (χ1v) is 9.92. The van der Waals surface area contributed by atoms with E-state index in [0.717, 1.165) is 0 Å². The molecule has 0 fully saturated rings. The maximum absolute atomic E-state index is 13.0. The van der Waals surface area contributed by atoms with Crippen LogP contribution in [-0.2, 0) is 11.8 Å². The van der Waals surface area contributed by atoms with E-state index in [0.29, 0.717) is 44.9 Å². The van der Waals surface area contributed by atoms with Crippen molar-refractivity contribution in [1.82, 2.24) is 4.57 Å². The third-order valence-electron chi connectivity index (χ3n) is 5.60. The zero-order valence-corrected chi connectivity index (χ0v) is 19.1. The van der Waals surface area contributed by atoms with E-state index in [1.54, 1.807) is 37.4 Å². The summed E-state index contributed by atoms with van der Waals surface area (Å²) in [6, 6.07) is 8.54. The van der Waals surface area contributed by atoms with E-state index < -0.39 is 11.6 Å². The minimum Gasteiger partial charge on any atom is -0.493 e. The average Bonchev–Trinajstić information content (AvgIpc) is 3.15. The summed E-state index contributed by atoms with van der Waals surface area (Å²) in [6.07, 6.45) is 0. The number of hydrogen-bond donors (Lipinski definition) is 0. The van der Waals surface area contributed by atoms with E-state index in [2.05, 4.69) is 0 Å². The molecule has 0 spiro atoms. The van der Waals surface area contributed by atoms with Gasteiger partial charge in [-0.2, -0.15) is 0 Å². The molecule has 0 saturated carbocycles. The molecule has 2 aromatic carbocycles.